The molecule has 0 aliphatic carbocycles. The molecule has 1 atom stereocenters. The Morgan fingerprint density at radius 2 is 2.00 bits per heavy atom. The van der Waals surface area contributed by atoms with Crippen molar-refractivity contribution in [2.24, 2.45) is 0 Å². The molecule has 0 unspecified atom stereocenters. The summed E-state index contributed by atoms with van der Waals surface area (Å²) in [5, 5.41) is 3.48. The normalized spacial score (nSPS) is 11.6. The van der Waals surface area contributed by atoms with Crippen LogP contribution in [0.3, 0.4) is 0 Å². The van der Waals surface area contributed by atoms with Gasteiger partial charge in [-0.1, -0.05) is 53.0 Å². The number of carbonyl (C=O) groups excluding carboxylic acids is 2. The van der Waals surface area contributed by atoms with Crippen molar-refractivity contribution in [1.29, 1.82) is 0 Å². The SMILES string of the molecule is CCCCNC(=O)[C@@H](C)N(Cc1cccc(Cl)c1)C(=O)COc1ccc(Br)c(C)c1. The molecule has 0 radical (unpaired) electrons. The highest BCUT2D eigenvalue weighted by atomic mass is 79.9. The summed E-state index contributed by atoms with van der Waals surface area (Å²) >= 11 is 9.54. The molecule has 2 rings (SSSR count). The van der Waals surface area contributed by atoms with Crippen molar-refractivity contribution >= 4 is 39.3 Å². The average molecular weight is 496 g/mol. The van der Waals surface area contributed by atoms with Gasteiger partial charge in [0.1, 0.15) is 11.8 Å². The van der Waals surface area contributed by atoms with Crippen molar-refractivity contribution in [2.75, 3.05) is 13.2 Å². The summed E-state index contributed by atoms with van der Waals surface area (Å²) in [4.78, 5) is 27.1. The van der Waals surface area contributed by atoms with Gasteiger partial charge in [-0.2, -0.15) is 0 Å². The highest BCUT2D eigenvalue weighted by Gasteiger charge is 2.26. The van der Waals surface area contributed by atoms with E-state index in [1.807, 2.05) is 31.2 Å². The number of rotatable bonds is 10. The third-order valence-electron chi connectivity index (χ3n) is 4.73. The van der Waals surface area contributed by atoms with Gasteiger partial charge in [0.25, 0.3) is 5.91 Å². The van der Waals surface area contributed by atoms with Gasteiger partial charge in [-0.05, 0) is 61.7 Å². The van der Waals surface area contributed by atoms with Crippen LogP contribution < -0.4 is 10.1 Å². The number of halogens is 2. The summed E-state index contributed by atoms with van der Waals surface area (Å²) in [5.74, 6) is 0.152. The zero-order valence-corrected chi connectivity index (χ0v) is 19.9. The lowest BCUT2D eigenvalue weighted by Crippen LogP contribution is -2.49. The third kappa shape index (κ3) is 7.33. The van der Waals surface area contributed by atoms with Crippen molar-refractivity contribution in [3.8, 4) is 5.75 Å². The topological polar surface area (TPSA) is 58.6 Å². The van der Waals surface area contributed by atoms with Crippen LogP contribution in [0.2, 0.25) is 5.02 Å². The van der Waals surface area contributed by atoms with Gasteiger partial charge in [-0.25, -0.2) is 0 Å². The Kier molecular flexibility index (Phi) is 9.66. The van der Waals surface area contributed by atoms with Gasteiger partial charge in [-0.3, -0.25) is 9.59 Å². The maximum atomic E-state index is 13.0. The largest absolute Gasteiger partial charge is 0.484 e. The van der Waals surface area contributed by atoms with Crippen LogP contribution in [-0.2, 0) is 16.1 Å². The molecule has 0 aliphatic rings. The first-order chi connectivity index (χ1) is 14.3. The molecule has 0 heterocycles. The molecule has 0 saturated heterocycles. The van der Waals surface area contributed by atoms with Gasteiger partial charge >= 0.3 is 0 Å². The number of hydrogen-bond acceptors (Lipinski definition) is 3. The highest BCUT2D eigenvalue weighted by molar-refractivity contribution is 9.10. The quantitative estimate of drug-likeness (QED) is 0.465. The van der Waals surface area contributed by atoms with E-state index in [1.165, 1.54) is 4.90 Å². The minimum absolute atomic E-state index is 0.159. The molecule has 0 spiro atoms. The van der Waals surface area contributed by atoms with E-state index < -0.39 is 6.04 Å². The Balaban J connectivity index is 2.12. The maximum Gasteiger partial charge on any atom is 0.261 e. The molecule has 5 nitrogen and oxygen atoms in total. The number of amides is 2. The molecule has 7 heteroatoms. The van der Waals surface area contributed by atoms with Crippen LogP contribution in [-0.4, -0.2) is 35.9 Å². The number of benzene rings is 2. The first kappa shape index (κ1) is 24.2. The van der Waals surface area contributed by atoms with Gasteiger partial charge in [0.05, 0.1) is 0 Å². The summed E-state index contributed by atoms with van der Waals surface area (Å²) in [7, 11) is 0. The number of hydrogen-bond donors (Lipinski definition) is 1. The molecule has 0 fully saturated rings. The summed E-state index contributed by atoms with van der Waals surface area (Å²) in [6.45, 7) is 6.44. The molecule has 0 saturated carbocycles. The fourth-order valence-corrected chi connectivity index (χ4v) is 3.35. The zero-order valence-electron chi connectivity index (χ0n) is 17.6. The summed E-state index contributed by atoms with van der Waals surface area (Å²) in [5.41, 5.74) is 1.86. The molecule has 1 N–H and O–H groups in total. The zero-order chi connectivity index (χ0) is 22.1. The Bertz CT molecular complexity index is 875. The molecule has 2 aromatic rings. The molecular weight excluding hydrogens is 468 g/mol. The summed E-state index contributed by atoms with van der Waals surface area (Å²) in [6.07, 6.45) is 1.88. The second-order valence-corrected chi connectivity index (χ2v) is 8.46. The second-order valence-electron chi connectivity index (χ2n) is 7.17. The number of carbonyl (C=O) groups is 2. The van der Waals surface area contributed by atoms with Crippen LogP contribution in [0.25, 0.3) is 0 Å². The van der Waals surface area contributed by atoms with Crippen molar-refractivity contribution in [3.05, 3.63) is 63.1 Å². The van der Waals surface area contributed by atoms with Gasteiger partial charge in [0, 0.05) is 22.6 Å². The van der Waals surface area contributed by atoms with Crippen LogP contribution in [0, 0.1) is 6.92 Å². The molecule has 30 heavy (non-hydrogen) atoms. The lowest BCUT2D eigenvalue weighted by Gasteiger charge is -2.29. The Labute approximate surface area is 191 Å². The van der Waals surface area contributed by atoms with Gasteiger partial charge in [0.2, 0.25) is 5.91 Å². The maximum absolute atomic E-state index is 13.0. The number of ether oxygens (including phenoxy) is 1. The molecule has 2 aromatic carbocycles. The molecule has 0 aliphatic heterocycles. The number of nitrogens with one attached hydrogen (secondary N) is 1. The summed E-state index contributed by atoms with van der Waals surface area (Å²) in [6, 6.07) is 12.2. The van der Waals surface area contributed by atoms with Crippen LogP contribution in [0.15, 0.2) is 46.9 Å². The van der Waals surface area contributed by atoms with Crippen molar-refractivity contribution in [3.63, 3.8) is 0 Å². The molecule has 2 amide bonds. The molecular formula is C23H28BrClN2O3. The Hall–Kier alpha value is -2.05. The Morgan fingerprint density at radius 3 is 2.67 bits per heavy atom. The number of nitrogens with zero attached hydrogens (tertiary/aromatic N) is 1. The molecule has 162 valence electrons. The third-order valence-corrected chi connectivity index (χ3v) is 5.86. The van der Waals surface area contributed by atoms with Gasteiger partial charge in [-0.15, -0.1) is 0 Å². The van der Waals surface area contributed by atoms with E-state index in [2.05, 4.69) is 28.2 Å². The number of unbranched alkanes of at least 4 members (excludes halogenated alkanes) is 1. The Morgan fingerprint density at radius 1 is 1.23 bits per heavy atom. The predicted molar refractivity (Wildman–Crippen MR) is 124 cm³/mol. The van der Waals surface area contributed by atoms with E-state index in [4.69, 9.17) is 16.3 Å². The average Bonchev–Trinajstić information content (AvgIpc) is 2.72. The molecule has 0 bridgehead atoms. The first-order valence-corrected chi connectivity index (χ1v) is 11.2. The van der Waals surface area contributed by atoms with E-state index in [9.17, 15) is 9.59 Å². The second kappa shape index (κ2) is 12.0. The standard InChI is InChI=1S/C23H28BrClN2O3/c1-4-5-11-26-23(29)17(3)27(14-18-7-6-8-19(25)13-18)22(28)15-30-20-9-10-21(24)16(2)12-20/h6-10,12-13,17H,4-5,11,14-15H2,1-3H3,(H,26,29)/t17-/m1/s1. The smallest absolute Gasteiger partial charge is 0.261 e. The monoisotopic (exact) mass is 494 g/mol. The minimum atomic E-state index is -0.636. The van der Waals surface area contributed by atoms with Crippen molar-refractivity contribution in [1.82, 2.24) is 10.2 Å². The fourth-order valence-electron chi connectivity index (χ4n) is 2.89. The van der Waals surface area contributed by atoms with Gasteiger partial charge < -0.3 is 15.0 Å². The van der Waals surface area contributed by atoms with E-state index >= 15 is 0 Å². The van der Waals surface area contributed by atoms with Crippen molar-refractivity contribution in [2.45, 2.75) is 46.2 Å². The lowest BCUT2D eigenvalue weighted by molar-refractivity contribution is -0.142. The van der Waals surface area contributed by atoms with Crippen LogP contribution in [0.5, 0.6) is 5.75 Å². The van der Waals surface area contributed by atoms with Gasteiger partial charge in [0.15, 0.2) is 6.61 Å². The minimum Gasteiger partial charge on any atom is -0.484 e. The highest BCUT2D eigenvalue weighted by Crippen LogP contribution is 2.22. The predicted octanol–water partition coefficient (Wildman–Crippen LogP) is 5.12. The van der Waals surface area contributed by atoms with E-state index in [1.54, 1.807) is 25.1 Å². The summed E-state index contributed by atoms with van der Waals surface area (Å²) < 4.78 is 6.68. The first-order valence-electron chi connectivity index (χ1n) is 10.0. The molecule has 0 aromatic heterocycles. The van der Waals surface area contributed by atoms with E-state index in [0.717, 1.165) is 28.4 Å². The van der Waals surface area contributed by atoms with Crippen LogP contribution in [0.4, 0.5) is 0 Å². The lowest BCUT2D eigenvalue weighted by atomic mass is 10.1. The number of aryl methyl sites for hydroxylation is 1. The van der Waals surface area contributed by atoms with E-state index in [0.29, 0.717) is 17.3 Å². The van der Waals surface area contributed by atoms with E-state index in [-0.39, 0.29) is 25.0 Å². The van der Waals surface area contributed by atoms with Crippen LogP contribution >= 0.6 is 27.5 Å². The fraction of sp³-hybridized carbons (Fsp3) is 0.391. The van der Waals surface area contributed by atoms with Crippen molar-refractivity contribution < 1.29 is 14.3 Å². The van der Waals surface area contributed by atoms with Crippen LogP contribution in [0.1, 0.15) is 37.8 Å².